The molecule has 19 nitrogen and oxygen atoms in total. The van der Waals surface area contributed by atoms with Gasteiger partial charge in [-0.1, -0.05) is 54.0 Å². The van der Waals surface area contributed by atoms with E-state index in [4.69, 9.17) is 28.4 Å². The summed E-state index contributed by atoms with van der Waals surface area (Å²) in [6, 6.07) is 0. The van der Waals surface area contributed by atoms with Gasteiger partial charge in [-0.3, -0.25) is 4.79 Å². The van der Waals surface area contributed by atoms with E-state index in [0.717, 1.165) is 24.8 Å². The van der Waals surface area contributed by atoms with Crippen molar-refractivity contribution in [3.63, 3.8) is 0 Å². The lowest BCUT2D eigenvalue weighted by Gasteiger charge is -2.71. The second kappa shape index (κ2) is 17.8. The van der Waals surface area contributed by atoms with Gasteiger partial charge in [-0.15, -0.1) is 0 Å². The molecule has 3 saturated heterocycles. The number of rotatable bonds is 9. The van der Waals surface area contributed by atoms with Crippen LogP contribution in [0, 0.1) is 50.2 Å². The fourth-order valence-electron chi connectivity index (χ4n) is 14.9. The van der Waals surface area contributed by atoms with Gasteiger partial charge >= 0.3 is 5.97 Å². The molecule has 3 aliphatic heterocycles. The number of aliphatic carboxylic acids is 1. The normalized spacial score (nSPS) is 55.3. The Morgan fingerprint density at radius 2 is 1.31 bits per heavy atom. The SMILES string of the molecule is CC1OC(OC2C(OC3C(OC4CCC5(C)C(CCC6(C)C5C(=O)C=C5C7CC(C)(C)CC(O)C7(C)CCC56C)C4(C)CO)OC(C(=O)O)C(O)C3O)OC(CO)C(O)C2O)C(O)C(O)C1O. The van der Waals surface area contributed by atoms with Gasteiger partial charge in [0.1, 0.15) is 61.0 Å². The number of carboxylic acids is 1. The molecule has 8 aliphatic rings. The molecule has 4 saturated carbocycles. The van der Waals surface area contributed by atoms with E-state index in [1.807, 2.05) is 13.0 Å². The topological polar surface area (TPSA) is 312 Å². The predicted octanol–water partition coefficient (Wildman–Crippen LogP) is -0.116. The van der Waals surface area contributed by atoms with Crippen LogP contribution in [0.15, 0.2) is 11.6 Å². The summed E-state index contributed by atoms with van der Waals surface area (Å²) in [4.78, 5) is 27.5. The minimum atomic E-state index is -2.11. The highest BCUT2D eigenvalue weighted by Gasteiger charge is 2.72. The molecule has 0 aromatic carbocycles. The molecule has 67 heavy (non-hydrogen) atoms. The summed E-state index contributed by atoms with van der Waals surface area (Å²) in [7, 11) is 0. The summed E-state index contributed by atoms with van der Waals surface area (Å²) < 4.78 is 36.0. The standard InChI is InChI=1S/C48H76O19/c1-20-28(53)30(55)34(59)40(62-20)66-36-31(56)29(54)24(18-49)63-41(36)67-37-33(58)32(57)35(39(60)61)65-42(37)64-27-10-11-45(5)25(46(27,6)19-50)9-12-48(8)38(45)23(51)15-21-22-16-43(2,3)17-26(52)44(22,4)13-14-47(21,48)7/h15,20,22,24-38,40-42,49-50,52-59H,9-14,16-19H2,1-8H3,(H,60,61). The van der Waals surface area contributed by atoms with Gasteiger partial charge < -0.3 is 84.6 Å². The van der Waals surface area contributed by atoms with Crippen molar-refractivity contribution < 1.29 is 94.2 Å². The van der Waals surface area contributed by atoms with Crippen LogP contribution < -0.4 is 0 Å². The maximum Gasteiger partial charge on any atom is 0.335 e. The van der Waals surface area contributed by atoms with Gasteiger partial charge in [-0.2, -0.15) is 0 Å². The molecule has 5 aliphatic carbocycles. The number of fused-ring (bicyclic) bond motifs is 7. The molecule has 25 atom stereocenters. The lowest BCUT2D eigenvalue weighted by molar-refractivity contribution is -0.396. The van der Waals surface area contributed by atoms with Gasteiger partial charge in [0.25, 0.3) is 0 Å². The summed E-state index contributed by atoms with van der Waals surface area (Å²) in [5, 5.41) is 120. The van der Waals surface area contributed by atoms with Crippen molar-refractivity contribution in [3.05, 3.63) is 11.6 Å². The third-order valence-corrected chi connectivity index (χ3v) is 19.2. The van der Waals surface area contributed by atoms with Crippen LogP contribution in [0.4, 0.5) is 0 Å². The first-order valence-electron chi connectivity index (χ1n) is 24.2. The van der Waals surface area contributed by atoms with Crippen LogP contribution in [0.5, 0.6) is 0 Å². The van der Waals surface area contributed by atoms with Crippen molar-refractivity contribution in [3.8, 4) is 0 Å². The van der Waals surface area contributed by atoms with E-state index < -0.39 is 146 Å². The zero-order valence-electron chi connectivity index (χ0n) is 39.9. The van der Waals surface area contributed by atoms with Crippen LogP contribution >= 0.6 is 0 Å². The van der Waals surface area contributed by atoms with Crippen LogP contribution in [-0.4, -0.2) is 185 Å². The van der Waals surface area contributed by atoms with Crippen LogP contribution in [0.25, 0.3) is 0 Å². The maximum absolute atomic E-state index is 15.0. The summed E-state index contributed by atoms with van der Waals surface area (Å²) in [6.07, 6.45) is -21.1. The van der Waals surface area contributed by atoms with E-state index >= 15 is 4.79 Å². The van der Waals surface area contributed by atoms with Crippen molar-refractivity contribution >= 4 is 11.8 Å². The van der Waals surface area contributed by atoms with E-state index in [9.17, 15) is 61.0 Å². The first-order chi connectivity index (χ1) is 31.1. The van der Waals surface area contributed by atoms with Gasteiger partial charge in [0.2, 0.25) is 0 Å². The fourth-order valence-corrected chi connectivity index (χ4v) is 14.9. The van der Waals surface area contributed by atoms with Gasteiger partial charge in [-0.25, -0.2) is 4.79 Å². The van der Waals surface area contributed by atoms with E-state index in [-0.39, 0.29) is 40.3 Å². The van der Waals surface area contributed by atoms with Crippen molar-refractivity contribution in [2.45, 2.75) is 211 Å². The zero-order chi connectivity index (χ0) is 49.3. The molecule has 7 fully saturated rings. The Labute approximate surface area is 391 Å². The molecule has 8 rings (SSSR count). The van der Waals surface area contributed by atoms with Crippen LogP contribution in [-0.2, 0) is 38.0 Å². The van der Waals surface area contributed by atoms with Gasteiger partial charge in [0.05, 0.1) is 31.5 Å². The Bertz CT molecular complexity index is 1900. The first-order valence-corrected chi connectivity index (χ1v) is 24.2. The van der Waals surface area contributed by atoms with Crippen molar-refractivity contribution in [1.29, 1.82) is 0 Å². The largest absolute Gasteiger partial charge is 0.479 e. The number of aliphatic hydroxyl groups is 10. The molecule has 0 radical (unpaired) electrons. The van der Waals surface area contributed by atoms with Crippen molar-refractivity contribution in [2.24, 2.45) is 50.2 Å². The predicted molar refractivity (Wildman–Crippen MR) is 231 cm³/mol. The summed E-state index contributed by atoms with van der Waals surface area (Å²) in [6.45, 7) is 15.2. The van der Waals surface area contributed by atoms with Gasteiger partial charge in [-0.05, 0) is 97.9 Å². The summed E-state index contributed by atoms with van der Waals surface area (Å²) in [5.41, 5.74) is -1.86. The highest BCUT2D eigenvalue weighted by Crippen LogP contribution is 2.75. The monoisotopic (exact) mass is 956 g/mol. The second-order valence-corrected chi connectivity index (χ2v) is 23.6. The number of ketones is 1. The molecular formula is C48H76O19. The average Bonchev–Trinajstić information content (AvgIpc) is 3.26. The molecule has 19 heteroatoms. The molecule has 382 valence electrons. The molecule has 11 N–H and O–H groups in total. The number of aliphatic hydroxyl groups excluding tert-OH is 10. The Hall–Kier alpha value is -1.76. The average molecular weight is 957 g/mol. The summed E-state index contributed by atoms with van der Waals surface area (Å²) >= 11 is 0. The Kier molecular flexibility index (Phi) is 13.7. The van der Waals surface area contributed by atoms with E-state index in [1.165, 1.54) is 6.92 Å². The molecule has 0 spiro atoms. The van der Waals surface area contributed by atoms with Crippen LogP contribution in [0.2, 0.25) is 0 Å². The van der Waals surface area contributed by atoms with Crippen LogP contribution in [0.3, 0.4) is 0 Å². The first kappa shape index (κ1) is 51.6. The van der Waals surface area contributed by atoms with E-state index in [2.05, 4.69) is 41.5 Å². The molecule has 3 heterocycles. The Morgan fingerprint density at radius 3 is 1.94 bits per heavy atom. The van der Waals surface area contributed by atoms with Crippen LogP contribution in [0.1, 0.15) is 107 Å². The van der Waals surface area contributed by atoms with E-state index in [0.29, 0.717) is 25.7 Å². The highest BCUT2D eigenvalue weighted by molar-refractivity contribution is 5.95. The zero-order valence-corrected chi connectivity index (χ0v) is 39.9. The third-order valence-electron chi connectivity index (χ3n) is 19.2. The van der Waals surface area contributed by atoms with Gasteiger partial charge in [0, 0.05) is 16.7 Å². The number of allylic oxidation sites excluding steroid dienone is 2. The number of carboxylic acid groups (broad SMARTS) is 1. The fraction of sp³-hybridized carbons (Fsp3) is 0.917. The minimum absolute atomic E-state index is 0.0403. The lowest BCUT2D eigenvalue weighted by atomic mass is 9.33. The number of hydrogen-bond acceptors (Lipinski definition) is 18. The highest BCUT2D eigenvalue weighted by atomic mass is 16.8. The van der Waals surface area contributed by atoms with E-state index in [1.54, 1.807) is 0 Å². The van der Waals surface area contributed by atoms with Crippen molar-refractivity contribution in [2.75, 3.05) is 13.2 Å². The molecule has 25 unspecified atom stereocenters. The molecule has 0 amide bonds. The molecule has 0 bridgehead atoms. The number of ether oxygens (including phenoxy) is 6. The smallest absolute Gasteiger partial charge is 0.335 e. The van der Waals surface area contributed by atoms with Crippen molar-refractivity contribution in [1.82, 2.24) is 0 Å². The molecule has 0 aromatic heterocycles. The summed E-state index contributed by atoms with van der Waals surface area (Å²) in [5.74, 6) is -2.30. The lowest BCUT2D eigenvalue weighted by Crippen LogP contribution is -2.69. The second-order valence-electron chi connectivity index (χ2n) is 23.6. The molecule has 0 aromatic rings. The quantitative estimate of drug-likeness (QED) is 0.134. The minimum Gasteiger partial charge on any atom is -0.479 e. The Morgan fingerprint density at radius 1 is 0.687 bits per heavy atom. The number of carbonyl (C=O) groups is 2. The third kappa shape index (κ3) is 7.92. The molecular weight excluding hydrogens is 881 g/mol. The Balaban J connectivity index is 1.09. The number of carbonyl (C=O) groups excluding carboxylic acids is 1. The number of hydrogen-bond donors (Lipinski definition) is 11. The maximum atomic E-state index is 15.0. The van der Waals surface area contributed by atoms with Gasteiger partial charge in [0.15, 0.2) is 30.8 Å².